The third-order valence-corrected chi connectivity index (χ3v) is 4.65. The summed E-state index contributed by atoms with van der Waals surface area (Å²) in [5.41, 5.74) is 3.97. The minimum Gasteiger partial charge on any atom is -0.358 e. The molecule has 1 amide bonds. The summed E-state index contributed by atoms with van der Waals surface area (Å²) < 4.78 is 0. The maximum Gasteiger partial charge on any atom is 0.225 e. The summed E-state index contributed by atoms with van der Waals surface area (Å²) in [6, 6.07) is 8.53. The third-order valence-electron chi connectivity index (χ3n) is 4.65. The van der Waals surface area contributed by atoms with E-state index in [0.29, 0.717) is 11.8 Å². The van der Waals surface area contributed by atoms with Crippen LogP contribution in [0.3, 0.4) is 0 Å². The van der Waals surface area contributed by atoms with E-state index in [9.17, 15) is 4.79 Å². The molecule has 112 valence electrons. The highest BCUT2D eigenvalue weighted by molar-refractivity contribution is 5.85. The van der Waals surface area contributed by atoms with Gasteiger partial charge in [0.2, 0.25) is 5.91 Å². The number of aryl methyl sites for hydroxylation is 1. The van der Waals surface area contributed by atoms with E-state index in [1.807, 2.05) is 18.7 Å². The molecule has 0 bridgehead atoms. The fourth-order valence-corrected chi connectivity index (χ4v) is 3.58. The third kappa shape index (κ3) is 2.57. The van der Waals surface area contributed by atoms with Gasteiger partial charge in [0.1, 0.15) is 0 Å². The Balaban J connectivity index is 1.80. The van der Waals surface area contributed by atoms with Gasteiger partial charge in [0.05, 0.1) is 0 Å². The first kappa shape index (κ1) is 14.2. The molecule has 3 rings (SSSR count). The lowest BCUT2D eigenvalue weighted by atomic mass is 9.87. The number of nitrogens with zero attached hydrogens (tertiary/aromatic N) is 1. The second-order valence-electron chi connectivity index (χ2n) is 6.46. The first-order valence-electron chi connectivity index (χ1n) is 7.94. The van der Waals surface area contributed by atoms with Crippen molar-refractivity contribution in [3.8, 4) is 0 Å². The molecule has 1 N–H and O–H groups in total. The normalized spacial score (nSPS) is 16.9. The number of aromatic amines is 1. The van der Waals surface area contributed by atoms with Crippen molar-refractivity contribution in [2.24, 2.45) is 5.92 Å². The van der Waals surface area contributed by atoms with Crippen molar-refractivity contribution in [1.82, 2.24) is 9.88 Å². The summed E-state index contributed by atoms with van der Waals surface area (Å²) in [6.07, 6.45) is 2.14. The van der Waals surface area contributed by atoms with Crippen LogP contribution < -0.4 is 0 Å². The van der Waals surface area contributed by atoms with E-state index in [4.69, 9.17) is 0 Å². The molecule has 1 fully saturated rings. The molecular weight excluding hydrogens is 260 g/mol. The zero-order chi connectivity index (χ0) is 15.0. The van der Waals surface area contributed by atoms with Crippen LogP contribution in [0.25, 0.3) is 10.9 Å². The van der Waals surface area contributed by atoms with Crippen LogP contribution in [0.15, 0.2) is 24.3 Å². The topological polar surface area (TPSA) is 36.1 Å². The number of hydrogen-bond acceptors (Lipinski definition) is 1. The molecular formula is C18H24N2O. The Hall–Kier alpha value is -1.77. The van der Waals surface area contributed by atoms with Crippen LogP contribution >= 0.6 is 0 Å². The van der Waals surface area contributed by atoms with Gasteiger partial charge in [-0.25, -0.2) is 0 Å². The van der Waals surface area contributed by atoms with Crippen LogP contribution in [-0.4, -0.2) is 28.9 Å². The van der Waals surface area contributed by atoms with Crippen molar-refractivity contribution in [3.05, 3.63) is 35.5 Å². The van der Waals surface area contributed by atoms with E-state index in [0.717, 1.165) is 25.9 Å². The lowest BCUT2D eigenvalue weighted by molar-refractivity contribution is -0.135. The number of H-pyrrole nitrogens is 1. The number of benzene rings is 1. The summed E-state index contributed by atoms with van der Waals surface area (Å²) in [4.78, 5) is 17.6. The molecule has 3 heteroatoms. The Kier molecular flexibility index (Phi) is 3.75. The lowest BCUT2D eigenvalue weighted by Gasteiger charge is -2.33. The molecule has 2 aromatic rings. The van der Waals surface area contributed by atoms with Crippen LogP contribution in [0, 0.1) is 12.8 Å². The minimum atomic E-state index is 0.108. The molecule has 0 unspecified atom stereocenters. The summed E-state index contributed by atoms with van der Waals surface area (Å²) in [7, 11) is 0. The summed E-state index contributed by atoms with van der Waals surface area (Å²) in [5, 5.41) is 1.35. The van der Waals surface area contributed by atoms with Gasteiger partial charge in [0.15, 0.2) is 0 Å². The highest BCUT2D eigenvalue weighted by atomic mass is 16.2. The fourth-order valence-electron chi connectivity index (χ4n) is 3.58. The van der Waals surface area contributed by atoms with E-state index in [-0.39, 0.29) is 5.92 Å². The number of nitrogens with one attached hydrogen (secondary N) is 1. The van der Waals surface area contributed by atoms with E-state index >= 15 is 0 Å². The smallest absolute Gasteiger partial charge is 0.225 e. The second kappa shape index (κ2) is 5.55. The van der Waals surface area contributed by atoms with E-state index in [2.05, 4.69) is 36.2 Å². The predicted molar refractivity (Wildman–Crippen MR) is 86.4 cm³/mol. The number of carbonyl (C=O) groups is 1. The molecule has 1 saturated heterocycles. The van der Waals surface area contributed by atoms with Gasteiger partial charge in [0, 0.05) is 35.6 Å². The van der Waals surface area contributed by atoms with Crippen LogP contribution in [0.5, 0.6) is 0 Å². The fraction of sp³-hybridized carbons (Fsp3) is 0.500. The zero-order valence-corrected chi connectivity index (χ0v) is 13.1. The molecule has 2 heterocycles. The van der Waals surface area contributed by atoms with Gasteiger partial charge in [0.25, 0.3) is 0 Å². The molecule has 1 aliphatic heterocycles. The van der Waals surface area contributed by atoms with Gasteiger partial charge in [-0.1, -0.05) is 32.0 Å². The molecule has 0 saturated carbocycles. The molecule has 21 heavy (non-hydrogen) atoms. The number of piperidine rings is 1. The van der Waals surface area contributed by atoms with Gasteiger partial charge in [-0.05, 0) is 37.3 Å². The van der Waals surface area contributed by atoms with Crippen LogP contribution in [-0.2, 0) is 4.79 Å². The van der Waals surface area contributed by atoms with Crippen molar-refractivity contribution in [1.29, 1.82) is 0 Å². The number of para-hydroxylation sites is 1. The molecule has 1 aliphatic rings. The van der Waals surface area contributed by atoms with E-state index in [1.54, 1.807) is 0 Å². The second-order valence-corrected chi connectivity index (χ2v) is 6.46. The Morgan fingerprint density at radius 2 is 1.90 bits per heavy atom. The Labute approximate surface area is 126 Å². The first-order valence-corrected chi connectivity index (χ1v) is 7.94. The average Bonchev–Trinajstić information content (AvgIpc) is 2.82. The Morgan fingerprint density at radius 1 is 1.24 bits per heavy atom. The SMILES string of the molecule is Cc1[nH]c2ccccc2c1C1CCN(C(=O)C(C)C)CC1. The van der Waals surface area contributed by atoms with Gasteiger partial charge < -0.3 is 9.88 Å². The highest BCUT2D eigenvalue weighted by Crippen LogP contribution is 2.35. The molecule has 3 nitrogen and oxygen atoms in total. The van der Waals surface area contributed by atoms with E-state index in [1.165, 1.54) is 22.2 Å². The maximum atomic E-state index is 12.1. The van der Waals surface area contributed by atoms with Crippen molar-refractivity contribution in [2.45, 2.75) is 39.5 Å². The molecule has 0 aliphatic carbocycles. The number of amides is 1. The molecule has 0 atom stereocenters. The quantitative estimate of drug-likeness (QED) is 0.893. The minimum absolute atomic E-state index is 0.108. The first-order chi connectivity index (χ1) is 10.1. The number of likely N-dealkylation sites (tertiary alicyclic amines) is 1. The highest BCUT2D eigenvalue weighted by Gasteiger charge is 2.27. The Morgan fingerprint density at radius 3 is 2.57 bits per heavy atom. The maximum absolute atomic E-state index is 12.1. The van der Waals surface area contributed by atoms with Crippen LogP contribution in [0.1, 0.15) is 43.9 Å². The summed E-state index contributed by atoms with van der Waals surface area (Å²) in [6.45, 7) is 7.92. The number of hydrogen-bond donors (Lipinski definition) is 1. The summed E-state index contributed by atoms with van der Waals surface area (Å²) in [5.74, 6) is 0.970. The average molecular weight is 284 g/mol. The van der Waals surface area contributed by atoms with Gasteiger partial charge in [-0.3, -0.25) is 4.79 Å². The molecule has 0 radical (unpaired) electrons. The number of rotatable bonds is 2. The van der Waals surface area contributed by atoms with Gasteiger partial charge >= 0.3 is 0 Å². The monoisotopic (exact) mass is 284 g/mol. The molecule has 1 aromatic carbocycles. The number of aromatic nitrogens is 1. The van der Waals surface area contributed by atoms with Crippen LogP contribution in [0.4, 0.5) is 0 Å². The van der Waals surface area contributed by atoms with Crippen molar-refractivity contribution >= 4 is 16.8 Å². The Bertz CT molecular complexity index is 648. The molecule has 1 aromatic heterocycles. The molecule has 0 spiro atoms. The number of fused-ring (bicyclic) bond motifs is 1. The van der Waals surface area contributed by atoms with Gasteiger partial charge in [-0.2, -0.15) is 0 Å². The van der Waals surface area contributed by atoms with Crippen molar-refractivity contribution in [3.63, 3.8) is 0 Å². The summed E-state index contributed by atoms with van der Waals surface area (Å²) >= 11 is 0. The van der Waals surface area contributed by atoms with Gasteiger partial charge in [-0.15, -0.1) is 0 Å². The predicted octanol–water partition coefficient (Wildman–Crippen LogP) is 3.84. The largest absolute Gasteiger partial charge is 0.358 e. The van der Waals surface area contributed by atoms with E-state index < -0.39 is 0 Å². The van der Waals surface area contributed by atoms with Crippen molar-refractivity contribution < 1.29 is 4.79 Å². The number of carbonyl (C=O) groups excluding carboxylic acids is 1. The standard InChI is InChI=1S/C18H24N2O/c1-12(2)18(21)20-10-8-14(9-11-20)17-13(3)19-16-7-5-4-6-15(16)17/h4-7,12,14,19H,8-11H2,1-3H3. The van der Waals surface area contributed by atoms with Crippen LogP contribution in [0.2, 0.25) is 0 Å². The zero-order valence-electron chi connectivity index (χ0n) is 13.1. The van der Waals surface area contributed by atoms with Crippen molar-refractivity contribution in [2.75, 3.05) is 13.1 Å². The lowest BCUT2D eigenvalue weighted by Crippen LogP contribution is -2.40.